The van der Waals surface area contributed by atoms with Crippen LogP contribution in [0.3, 0.4) is 0 Å². The average molecular weight is 354 g/mol. The summed E-state index contributed by atoms with van der Waals surface area (Å²) >= 11 is 0. The monoisotopic (exact) mass is 354 g/mol. The van der Waals surface area contributed by atoms with Crippen molar-refractivity contribution in [2.75, 3.05) is 31.7 Å². The van der Waals surface area contributed by atoms with E-state index in [0.717, 1.165) is 18.6 Å². The van der Waals surface area contributed by atoms with Gasteiger partial charge in [-0.25, -0.2) is 4.39 Å². The van der Waals surface area contributed by atoms with Crippen molar-refractivity contribution in [2.45, 2.75) is 25.2 Å². The van der Waals surface area contributed by atoms with Gasteiger partial charge in [0.05, 0.1) is 12.3 Å². The van der Waals surface area contributed by atoms with Crippen LogP contribution in [-0.4, -0.2) is 26.4 Å². The molecule has 0 spiro atoms. The van der Waals surface area contributed by atoms with Crippen LogP contribution in [0.2, 0.25) is 0 Å². The molecular formula is C21H23FN2O2. The van der Waals surface area contributed by atoms with Crippen molar-refractivity contribution in [2.24, 2.45) is 0 Å². The number of hydrogen-bond donors (Lipinski definition) is 1. The minimum Gasteiger partial charge on any atom is -0.494 e. The molecule has 3 rings (SSSR count). The van der Waals surface area contributed by atoms with Gasteiger partial charge in [0, 0.05) is 25.2 Å². The molecule has 136 valence electrons. The lowest BCUT2D eigenvalue weighted by molar-refractivity contribution is 0.0544. The smallest absolute Gasteiger partial charge is 0.143 e. The normalized spacial score (nSPS) is 15.9. The molecule has 0 atom stereocenters. The van der Waals surface area contributed by atoms with E-state index in [1.165, 1.54) is 11.6 Å². The molecule has 1 fully saturated rings. The number of ether oxygens (including phenoxy) is 2. The highest BCUT2D eigenvalue weighted by Gasteiger charge is 2.34. The van der Waals surface area contributed by atoms with Crippen molar-refractivity contribution >= 4 is 5.69 Å². The number of hydrogen-bond acceptors (Lipinski definition) is 4. The Labute approximate surface area is 153 Å². The zero-order valence-electron chi connectivity index (χ0n) is 14.9. The number of nitrogens with one attached hydrogen (secondary N) is 1. The quantitative estimate of drug-likeness (QED) is 0.842. The lowest BCUT2D eigenvalue weighted by Crippen LogP contribution is -2.40. The van der Waals surface area contributed by atoms with Gasteiger partial charge >= 0.3 is 0 Å². The third kappa shape index (κ3) is 3.81. The molecule has 1 N–H and O–H groups in total. The van der Waals surface area contributed by atoms with Crippen LogP contribution in [0.4, 0.5) is 10.1 Å². The lowest BCUT2D eigenvalue weighted by Gasteiger charge is -2.38. The summed E-state index contributed by atoms with van der Waals surface area (Å²) in [5.74, 6) is 0.350. The van der Waals surface area contributed by atoms with E-state index < -0.39 is 5.82 Å². The van der Waals surface area contributed by atoms with Gasteiger partial charge < -0.3 is 14.8 Å². The summed E-state index contributed by atoms with van der Waals surface area (Å²) in [5.41, 5.74) is 1.67. The minimum atomic E-state index is -0.500. The fourth-order valence-corrected chi connectivity index (χ4v) is 3.45. The molecule has 1 aliphatic heterocycles. The minimum absolute atomic E-state index is 0.0569. The fraction of sp³-hybridized carbons (Fsp3) is 0.381. The number of halogens is 1. The Morgan fingerprint density at radius 3 is 2.58 bits per heavy atom. The molecule has 0 aromatic heterocycles. The van der Waals surface area contributed by atoms with Crippen molar-refractivity contribution in [1.29, 1.82) is 5.26 Å². The standard InChI is InChI=1S/C21H23FN2O2/c1-2-26-17-8-6-16(7-9-17)21(10-12-25-13-11-21)15-24-20-5-3-4-19(22)18(20)14-23/h3-9,24H,2,10-13,15H2,1H3. The van der Waals surface area contributed by atoms with Crippen LogP contribution in [0.25, 0.3) is 0 Å². The van der Waals surface area contributed by atoms with Crippen molar-refractivity contribution < 1.29 is 13.9 Å². The van der Waals surface area contributed by atoms with Crippen molar-refractivity contribution in [3.63, 3.8) is 0 Å². The van der Waals surface area contributed by atoms with Crippen molar-refractivity contribution in [1.82, 2.24) is 0 Å². The summed E-state index contributed by atoms with van der Waals surface area (Å²) in [6, 6.07) is 14.8. The highest BCUT2D eigenvalue weighted by molar-refractivity contribution is 5.58. The van der Waals surface area contributed by atoms with Gasteiger partial charge in [0.25, 0.3) is 0 Å². The van der Waals surface area contributed by atoms with Gasteiger partial charge in [-0.1, -0.05) is 18.2 Å². The van der Waals surface area contributed by atoms with E-state index >= 15 is 0 Å². The lowest BCUT2D eigenvalue weighted by atomic mass is 9.74. The van der Waals surface area contributed by atoms with E-state index in [0.29, 0.717) is 32.1 Å². The zero-order chi connectivity index (χ0) is 18.4. The molecule has 1 aliphatic rings. The van der Waals surface area contributed by atoms with E-state index in [9.17, 15) is 9.65 Å². The van der Waals surface area contributed by atoms with Crippen LogP contribution in [-0.2, 0) is 10.2 Å². The average Bonchev–Trinajstić information content (AvgIpc) is 2.68. The first-order chi connectivity index (χ1) is 12.7. The molecule has 5 heteroatoms. The van der Waals surface area contributed by atoms with Crippen LogP contribution in [0.5, 0.6) is 5.75 Å². The first-order valence-electron chi connectivity index (χ1n) is 8.92. The zero-order valence-corrected chi connectivity index (χ0v) is 14.9. The maximum Gasteiger partial charge on any atom is 0.143 e. The van der Waals surface area contributed by atoms with Crippen molar-refractivity contribution in [3.05, 3.63) is 59.4 Å². The molecule has 2 aromatic carbocycles. The molecular weight excluding hydrogens is 331 g/mol. The number of rotatable bonds is 6. The van der Waals surface area contributed by atoms with E-state index in [1.54, 1.807) is 12.1 Å². The van der Waals surface area contributed by atoms with E-state index in [4.69, 9.17) is 9.47 Å². The maximum atomic E-state index is 13.9. The Hall–Kier alpha value is -2.58. The third-order valence-corrected chi connectivity index (χ3v) is 4.97. The molecule has 2 aromatic rings. The van der Waals surface area contributed by atoms with Gasteiger partial charge in [0.2, 0.25) is 0 Å². The summed E-state index contributed by atoms with van der Waals surface area (Å²) in [6.07, 6.45) is 1.73. The summed E-state index contributed by atoms with van der Waals surface area (Å²) in [5, 5.41) is 12.5. The number of benzene rings is 2. The highest BCUT2D eigenvalue weighted by Crippen LogP contribution is 2.36. The summed E-state index contributed by atoms with van der Waals surface area (Å²) in [7, 11) is 0. The van der Waals surface area contributed by atoms with Gasteiger partial charge in [-0.15, -0.1) is 0 Å². The van der Waals surface area contributed by atoms with Gasteiger partial charge in [-0.05, 0) is 49.6 Å². The van der Waals surface area contributed by atoms with Gasteiger partial charge in [-0.2, -0.15) is 5.26 Å². The second-order valence-corrected chi connectivity index (χ2v) is 6.48. The third-order valence-electron chi connectivity index (χ3n) is 4.97. The molecule has 0 bridgehead atoms. The first kappa shape index (κ1) is 18.2. The summed E-state index contributed by atoms with van der Waals surface area (Å²) in [6.45, 7) is 4.58. The number of nitriles is 1. The van der Waals surface area contributed by atoms with Crippen LogP contribution in [0.1, 0.15) is 30.9 Å². The number of nitrogens with zero attached hydrogens (tertiary/aromatic N) is 1. The molecule has 4 nitrogen and oxygen atoms in total. The Bertz CT molecular complexity index is 778. The summed E-state index contributed by atoms with van der Waals surface area (Å²) < 4.78 is 25.0. The first-order valence-corrected chi connectivity index (χ1v) is 8.92. The predicted octanol–water partition coefficient (Wildman–Crippen LogP) is 4.26. The molecule has 0 aliphatic carbocycles. The topological polar surface area (TPSA) is 54.3 Å². The van der Waals surface area contributed by atoms with Gasteiger partial charge in [-0.3, -0.25) is 0 Å². The molecule has 0 radical (unpaired) electrons. The Balaban J connectivity index is 1.84. The molecule has 26 heavy (non-hydrogen) atoms. The van der Waals surface area contributed by atoms with Crippen LogP contribution >= 0.6 is 0 Å². The molecule has 0 unspecified atom stereocenters. The Morgan fingerprint density at radius 1 is 1.19 bits per heavy atom. The Kier molecular flexibility index (Phi) is 5.75. The molecule has 0 saturated carbocycles. The SMILES string of the molecule is CCOc1ccc(C2(CNc3cccc(F)c3C#N)CCOCC2)cc1. The van der Waals surface area contributed by atoms with Crippen LogP contribution in [0, 0.1) is 17.1 Å². The van der Waals surface area contributed by atoms with E-state index in [1.807, 2.05) is 25.1 Å². The van der Waals surface area contributed by atoms with Crippen LogP contribution < -0.4 is 10.1 Å². The van der Waals surface area contributed by atoms with Crippen molar-refractivity contribution in [3.8, 4) is 11.8 Å². The maximum absolute atomic E-state index is 13.9. The predicted molar refractivity (Wildman–Crippen MR) is 98.9 cm³/mol. The number of anilines is 1. The van der Waals surface area contributed by atoms with Gasteiger partial charge in [0.1, 0.15) is 23.2 Å². The molecule has 0 amide bonds. The second kappa shape index (κ2) is 8.20. The second-order valence-electron chi connectivity index (χ2n) is 6.48. The fourth-order valence-electron chi connectivity index (χ4n) is 3.45. The van der Waals surface area contributed by atoms with E-state index in [2.05, 4.69) is 17.4 Å². The van der Waals surface area contributed by atoms with Crippen LogP contribution in [0.15, 0.2) is 42.5 Å². The Morgan fingerprint density at radius 2 is 1.92 bits per heavy atom. The molecule has 1 saturated heterocycles. The molecule has 1 heterocycles. The van der Waals surface area contributed by atoms with E-state index in [-0.39, 0.29) is 11.0 Å². The highest BCUT2D eigenvalue weighted by atomic mass is 19.1. The summed E-state index contributed by atoms with van der Waals surface area (Å²) in [4.78, 5) is 0. The largest absolute Gasteiger partial charge is 0.494 e. The van der Waals surface area contributed by atoms with Gasteiger partial charge in [0.15, 0.2) is 0 Å².